The van der Waals surface area contributed by atoms with E-state index in [4.69, 9.17) is 0 Å². The summed E-state index contributed by atoms with van der Waals surface area (Å²) in [5.41, 5.74) is 0. The zero-order valence-electron chi connectivity index (χ0n) is 9.49. The zero-order valence-corrected chi connectivity index (χ0v) is 9.49. The molecule has 0 saturated carbocycles. The second kappa shape index (κ2) is 5.48. The molecule has 84 valence electrons. The van der Waals surface area contributed by atoms with Crippen molar-refractivity contribution in [3.8, 4) is 0 Å². The Hall–Kier alpha value is -1.39. The largest absolute Gasteiger partial charge is 0.469 e. The number of carbonyl (C=O) groups excluding carboxylic acids is 1. The molecule has 0 bridgehead atoms. The monoisotopic (exact) mass is 211 g/mol. The van der Waals surface area contributed by atoms with E-state index < -0.39 is 0 Å². The first-order valence-electron chi connectivity index (χ1n) is 5.20. The van der Waals surface area contributed by atoms with Gasteiger partial charge in [0, 0.05) is 12.8 Å². The van der Waals surface area contributed by atoms with E-state index >= 15 is 0 Å². The summed E-state index contributed by atoms with van der Waals surface area (Å²) < 4.78 is 6.37. The highest BCUT2D eigenvalue weighted by Crippen LogP contribution is 2.02. The molecule has 1 aromatic heterocycles. The van der Waals surface area contributed by atoms with Gasteiger partial charge in [-0.15, -0.1) is 0 Å². The quantitative estimate of drug-likeness (QED) is 0.681. The lowest BCUT2D eigenvalue weighted by Gasteiger charge is -2.02. The van der Waals surface area contributed by atoms with Crippen molar-refractivity contribution in [2.24, 2.45) is 0 Å². The molecule has 1 rings (SSSR count). The van der Waals surface area contributed by atoms with Crippen LogP contribution < -0.4 is 0 Å². The number of methoxy groups -OCH3 is 1. The summed E-state index contributed by atoms with van der Waals surface area (Å²) >= 11 is 0. The minimum absolute atomic E-state index is 0.217. The molecule has 0 aliphatic rings. The number of ether oxygens (including phenoxy) is 1. The highest BCUT2D eigenvalue weighted by atomic mass is 16.5. The second-order valence-electron chi connectivity index (χ2n) is 3.20. The highest BCUT2D eigenvalue weighted by Gasteiger charge is 2.08. The summed E-state index contributed by atoms with van der Waals surface area (Å²) in [7, 11) is 1.39. The maximum atomic E-state index is 11.0. The summed E-state index contributed by atoms with van der Waals surface area (Å²) in [4.78, 5) is 15.3. The Balaban J connectivity index is 2.66. The van der Waals surface area contributed by atoms with Gasteiger partial charge in [-0.2, -0.15) is 5.10 Å². The van der Waals surface area contributed by atoms with Crippen LogP contribution in [0.4, 0.5) is 0 Å². The molecule has 0 aromatic carbocycles. The molecule has 0 saturated heterocycles. The van der Waals surface area contributed by atoms with Crippen LogP contribution in [0.5, 0.6) is 0 Å². The van der Waals surface area contributed by atoms with Crippen LogP contribution in [0.1, 0.15) is 31.9 Å². The number of rotatable bonds is 5. The summed E-state index contributed by atoms with van der Waals surface area (Å²) in [5, 5.41) is 4.30. The molecule has 0 unspecified atom stereocenters. The van der Waals surface area contributed by atoms with Crippen molar-refractivity contribution in [3.63, 3.8) is 0 Å². The summed E-state index contributed by atoms with van der Waals surface area (Å²) in [6.45, 7) is 4.58. The molecule has 5 heteroatoms. The van der Waals surface area contributed by atoms with Crippen molar-refractivity contribution in [3.05, 3.63) is 11.6 Å². The fourth-order valence-electron chi connectivity index (χ4n) is 1.32. The van der Waals surface area contributed by atoms with Crippen LogP contribution in [-0.4, -0.2) is 27.8 Å². The normalized spacial score (nSPS) is 10.3. The second-order valence-corrected chi connectivity index (χ2v) is 3.20. The number of aryl methyl sites for hydroxylation is 3. The smallest absolute Gasteiger partial charge is 0.307 e. The van der Waals surface area contributed by atoms with Crippen molar-refractivity contribution in [1.29, 1.82) is 0 Å². The number of aromatic nitrogens is 3. The Morgan fingerprint density at radius 1 is 1.40 bits per heavy atom. The molecule has 5 nitrogen and oxygen atoms in total. The van der Waals surface area contributed by atoms with Gasteiger partial charge >= 0.3 is 5.97 Å². The van der Waals surface area contributed by atoms with Gasteiger partial charge in [0.1, 0.15) is 5.82 Å². The zero-order chi connectivity index (χ0) is 11.3. The van der Waals surface area contributed by atoms with Gasteiger partial charge in [-0.3, -0.25) is 4.79 Å². The molecular formula is C10H17N3O2. The lowest BCUT2D eigenvalue weighted by Crippen LogP contribution is -2.10. The molecule has 0 aliphatic heterocycles. The summed E-state index contributed by atoms with van der Waals surface area (Å²) in [5.74, 6) is 1.54. The minimum Gasteiger partial charge on any atom is -0.469 e. The Morgan fingerprint density at radius 3 is 2.67 bits per heavy atom. The predicted molar refractivity (Wildman–Crippen MR) is 55.4 cm³/mol. The molecule has 15 heavy (non-hydrogen) atoms. The van der Waals surface area contributed by atoms with Crippen molar-refractivity contribution in [2.75, 3.05) is 7.11 Å². The van der Waals surface area contributed by atoms with Crippen LogP contribution in [-0.2, 0) is 28.9 Å². The standard InChI is InChI=1S/C10H17N3O2/c1-4-8-11-9(5-2)13(12-8)7-6-10(14)15-3/h4-7H2,1-3H3. The average Bonchev–Trinajstić information content (AvgIpc) is 2.68. The Bertz CT molecular complexity index is 333. The van der Waals surface area contributed by atoms with Crippen LogP contribution >= 0.6 is 0 Å². The number of hydrogen-bond acceptors (Lipinski definition) is 4. The third-order valence-electron chi connectivity index (χ3n) is 2.18. The van der Waals surface area contributed by atoms with Crippen molar-refractivity contribution < 1.29 is 9.53 Å². The van der Waals surface area contributed by atoms with Gasteiger partial charge in [-0.25, -0.2) is 9.67 Å². The molecule has 0 atom stereocenters. The molecule has 0 fully saturated rings. The molecule has 0 spiro atoms. The van der Waals surface area contributed by atoms with E-state index in [2.05, 4.69) is 14.8 Å². The third-order valence-corrected chi connectivity index (χ3v) is 2.18. The Kier molecular flexibility index (Phi) is 4.27. The van der Waals surface area contributed by atoms with Gasteiger partial charge in [-0.1, -0.05) is 13.8 Å². The first kappa shape index (κ1) is 11.7. The number of nitrogens with zero attached hydrogens (tertiary/aromatic N) is 3. The van der Waals surface area contributed by atoms with E-state index in [0.29, 0.717) is 13.0 Å². The molecule has 0 aliphatic carbocycles. The van der Waals surface area contributed by atoms with Gasteiger partial charge in [0.2, 0.25) is 0 Å². The van der Waals surface area contributed by atoms with Crippen LogP contribution in [0, 0.1) is 0 Å². The van der Waals surface area contributed by atoms with Crippen molar-refractivity contribution >= 4 is 5.97 Å². The van der Waals surface area contributed by atoms with Crippen LogP contribution in [0.2, 0.25) is 0 Å². The molecular weight excluding hydrogens is 194 g/mol. The van der Waals surface area contributed by atoms with E-state index in [1.165, 1.54) is 7.11 Å². The van der Waals surface area contributed by atoms with Gasteiger partial charge in [0.15, 0.2) is 5.82 Å². The molecule has 0 N–H and O–H groups in total. The summed E-state index contributed by atoms with van der Waals surface area (Å²) in [6, 6.07) is 0. The summed E-state index contributed by atoms with van der Waals surface area (Å²) in [6.07, 6.45) is 1.99. The molecule has 1 heterocycles. The van der Waals surface area contributed by atoms with Gasteiger partial charge in [-0.05, 0) is 0 Å². The number of hydrogen-bond donors (Lipinski definition) is 0. The van der Waals surface area contributed by atoms with E-state index in [1.807, 2.05) is 13.8 Å². The minimum atomic E-state index is -0.217. The lowest BCUT2D eigenvalue weighted by molar-refractivity contribution is -0.140. The number of esters is 1. The lowest BCUT2D eigenvalue weighted by atomic mass is 10.4. The van der Waals surface area contributed by atoms with Gasteiger partial charge in [0.05, 0.1) is 20.1 Å². The Labute approximate surface area is 89.5 Å². The SMILES string of the molecule is CCc1nc(CC)n(CCC(=O)OC)n1. The average molecular weight is 211 g/mol. The maximum absolute atomic E-state index is 11.0. The van der Waals surface area contributed by atoms with Crippen LogP contribution in [0.3, 0.4) is 0 Å². The van der Waals surface area contributed by atoms with Crippen LogP contribution in [0.15, 0.2) is 0 Å². The first-order chi connectivity index (χ1) is 7.21. The Morgan fingerprint density at radius 2 is 2.13 bits per heavy atom. The number of carbonyl (C=O) groups is 1. The maximum Gasteiger partial charge on any atom is 0.307 e. The van der Waals surface area contributed by atoms with E-state index in [1.54, 1.807) is 4.68 Å². The predicted octanol–water partition coefficient (Wildman–Crippen LogP) is 0.966. The van der Waals surface area contributed by atoms with Gasteiger partial charge < -0.3 is 4.74 Å². The van der Waals surface area contributed by atoms with Crippen molar-refractivity contribution in [2.45, 2.75) is 39.7 Å². The van der Waals surface area contributed by atoms with Crippen molar-refractivity contribution in [1.82, 2.24) is 14.8 Å². The molecule has 1 aromatic rings. The first-order valence-corrected chi connectivity index (χ1v) is 5.20. The van der Waals surface area contributed by atoms with E-state index in [0.717, 1.165) is 24.5 Å². The van der Waals surface area contributed by atoms with Gasteiger partial charge in [0.25, 0.3) is 0 Å². The fourth-order valence-corrected chi connectivity index (χ4v) is 1.32. The topological polar surface area (TPSA) is 57.0 Å². The van der Waals surface area contributed by atoms with E-state index in [-0.39, 0.29) is 5.97 Å². The molecule has 0 radical (unpaired) electrons. The molecule has 0 amide bonds. The van der Waals surface area contributed by atoms with E-state index in [9.17, 15) is 4.79 Å². The highest BCUT2D eigenvalue weighted by molar-refractivity contribution is 5.68. The third kappa shape index (κ3) is 3.04. The fraction of sp³-hybridized carbons (Fsp3) is 0.700. The van der Waals surface area contributed by atoms with Crippen LogP contribution in [0.25, 0.3) is 0 Å².